The van der Waals surface area contributed by atoms with Gasteiger partial charge in [-0.15, -0.1) is 0 Å². The maximum atomic E-state index is 13.5. The van der Waals surface area contributed by atoms with Crippen molar-refractivity contribution in [1.82, 2.24) is 0 Å². The van der Waals surface area contributed by atoms with Crippen molar-refractivity contribution in [2.45, 2.75) is 26.2 Å². The molecular weight excluding hydrogens is 227 g/mol. The molecule has 0 unspecified atom stereocenters. The van der Waals surface area contributed by atoms with Crippen LogP contribution in [0.2, 0.25) is 5.02 Å². The second kappa shape index (κ2) is 5.80. The fraction of sp³-hybridized carbons (Fsp3) is 0.308. The van der Waals surface area contributed by atoms with Gasteiger partial charge in [-0.05, 0) is 18.1 Å². The van der Waals surface area contributed by atoms with Gasteiger partial charge in [-0.2, -0.15) is 0 Å². The molecule has 0 saturated carbocycles. The Hall–Kier alpha value is -1.15. The van der Waals surface area contributed by atoms with Gasteiger partial charge >= 0.3 is 0 Å². The van der Waals surface area contributed by atoms with Crippen LogP contribution in [0.5, 0.6) is 0 Å². The third-order valence-corrected chi connectivity index (χ3v) is 2.66. The number of hydrogen-bond acceptors (Lipinski definition) is 1. The lowest BCUT2D eigenvalue weighted by Gasteiger charge is -2.04. The highest BCUT2D eigenvalue weighted by Gasteiger charge is 2.11. The topological polar surface area (TPSA) is 17.1 Å². The van der Waals surface area contributed by atoms with Crippen molar-refractivity contribution in [3.05, 3.63) is 46.8 Å². The van der Waals surface area contributed by atoms with Crippen LogP contribution in [0.25, 0.3) is 0 Å². The van der Waals surface area contributed by atoms with E-state index < -0.39 is 5.82 Å². The Labute approximate surface area is 99.9 Å². The van der Waals surface area contributed by atoms with E-state index >= 15 is 0 Å². The second-order valence-electron chi connectivity index (χ2n) is 3.71. The maximum absolute atomic E-state index is 13.5. The van der Waals surface area contributed by atoms with Crippen LogP contribution in [-0.4, -0.2) is 5.78 Å². The molecule has 0 aliphatic rings. The summed E-state index contributed by atoms with van der Waals surface area (Å²) in [6, 6.07) is 4.69. The maximum Gasteiger partial charge on any atom is 0.145 e. The smallest absolute Gasteiger partial charge is 0.145 e. The van der Waals surface area contributed by atoms with Crippen molar-refractivity contribution in [3.63, 3.8) is 0 Å². The van der Waals surface area contributed by atoms with Gasteiger partial charge in [0.1, 0.15) is 11.6 Å². The lowest BCUT2D eigenvalue weighted by atomic mass is 10.0. The van der Waals surface area contributed by atoms with Gasteiger partial charge in [-0.25, -0.2) is 4.39 Å². The van der Waals surface area contributed by atoms with E-state index in [1.165, 1.54) is 6.07 Å². The minimum atomic E-state index is -0.500. The molecule has 3 heteroatoms. The number of carbonyl (C=O) groups is 1. The molecule has 86 valence electrons. The Morgan fingerprint density at radius 2 is 2.19 bits per heavy atom. The number of benzene rings is 1. The molecular formula is C13H14ClFO. The quantitative estimate of drug-likeness (QED) is 0.713. The van der Waals surface area contributed by atoms with E-state index in [-0.39, 0.29) is 17.2 Å². The molecule has 1 nitrogen and oxygen atoms in total. The highest BCUT2D eigenvalue weighted by atomic mass is 35.5. The van der Waals surface area contributed by atoms with E-state index in [9.17, 15) is 9.18 Å². The SMILES string of the molecule is C=C(CC)CC(=O)Cc1cccc(Cl)c1F. The molecule has 0 aliphatic carbocycles. The number of carbonyl (C=O) groups excluding carboxylic acids is 1. The number of hydrogen-bond donors (Lipinski definition) is 0. The second-order valence-corrected chi connectivity index (χ2v) is 4.12. The standard InChI is InChI=1S/C13H14ClFO/c1-3-9(2)7-11(16)8-10-5-4-6-12(14)13(10)15/h4-6H,2-3,7-8H2,1H3. The normalized spacial score (nSPS) is 10.2. The minimum Gasteiger partial charge on any atom is -0.299 e. The van der Waals surface area contributed by atoms with Crippen LogP contribution in [0.1, 0.15) is 25.3 Å². The summed E-state index contributed by atoms with van der Waals surface area (Å²) in [5.74, 6) is -0.535. The molecule has 0 heterocycles. The van der Waals surface area contributed by atoms with Crippen molar-refractivity contribution in [2.24, 2.45) is 0 Å². The Morgan fingerprint density at radius 3 is 2.81 bits per heavy atom. The number of ketones is 1. The monoisotopic (exact) mass is 240 g/mol. The van der Waals surface area contributed by atoms with Crippen LogP contribution in [0.15, 0.2) is 30.4 Å². The summed E-state index contributed by atoms with van der Waals surface area (Å²) < 4.78 is 13.5. The van der Waals surface area contributed by atoms with E-state index in [4.69, 9.17) is 11.6 Å². The molecule has 0 aromatic heterocycles. The van der Waals surface area contributed by atoms with Gasteiger partial charge < -0.3 is 0 Å². The van der Waals surface area contributed by atoms with Crippen LogP contribution in [-0.2, 0) is 11.2 Å². The van der Waals surface area contributed by atoms with Crippen LogP contribution in [0.3, 0.4) is 0 Å². The molecule has 0 bridgehead atoms. The molecule has 0 saturated heterocycles. The van der Waals surface area contributed by atoms with Gasteiger partial charge in [-0.3, -0.25) is 4.79 Å². The first-order valence-electron chi connectivity index (χ1n) is 5.15. The zero-order valence-corrected chi connectivity index (χ0v) is 9.98. The fourth-order valence-corrected chi connectivity index (χ4v) is 1.56. The van der Waals surface area contributed by atoms with E-state index in [0.717, 1.165) is 12.0 Å². The number of Topliss-reactive ketones (excluding diaryl/α,β-unsaturated/α-hetero) is 1. The summed E-state index contributed by atoms with van der Waals surface area (Å²) in [6.07, 6.45) is 1.15. The number of rotatable bonds is 5. The molecule has 0 spiro atoms. The molecule has 0 N–H and O–H groups in total. The Morgan fingerprint density at radius 1 is 1.50 bits per heavy atom. The zero-order chi connectivity index (χ0) is 12.1. The predicted molar refractivity (Wildman–Crippen MR) is 64.2 cm³/mol. The van der Waals surface area contributed by atoms with E-state index in [1.807, 2.05) is 6.92 Å². The molecule has 1 rings (SSSR count). The third kappa shape index (κ3) is 3.46. The Kier molecular flexibility index (Phi) is 4.69. The van der Waals surface area contributed by atoms with E-state index in [1.54, 1.807) is 12.1 Å². The van der Waals surface area contributed by atoms with Crippen molar-refractivity contribution in [2.75, 3.05) is 0 Å². The molecule has 1 aromatic rings. The number of allylic oxidation sites excluding steroid dienone is 1. The summed E-state index contributed by atoms with van der Waals surface area (Å²) in [7, 11) is 0. The minimum absolute atomic E-state index is 0.0342. The van der Waals surface area contributed by atoms with Crippen LogP contribution >= 0.6 is 11.6 Å². The first kappa shape index (κ1) is 12.9. The van der Waals surface area contributed by atoms with Crippen molar-refractivity contribution < 1.29 is 9.18 Å². The first-order chi connectivity index (χ1) is 7.54. The molecule has 0 radical (unpaired) electrons. The van der Waals surface area contributed by atoms with Crippen molar-refractivity contribution in [3.8, 4) is 0 Å². The van der Waals surface area contributed by atoms with Gasteiger partial charge in [0.05, 0.1) is 5.02 Å². The van der Waals surface area contributed by atoms with Gasteiger partial charge in [0.15, 0.2) is 0 Å². The highest BCUT2D eigenvalue weighted by molar-refractivity contribution is 6.30. The summed E-state index contributed by atoms with van der Waals surface area (Å²) in [4.78, 5) is 11.6. The van der Waals surface area contributed by atoms with Crippen LogP contribution in [0.4, 0.5) is 4.39 Å². The largest absolute Gasteiger partial charge is 0.299 e. The fourth-order valence-electron chi connectivity index (χ4n) is 1.36. The highest BCUT2D eigenvalue weighted by Crippen LogP contribution is 2.19. The third-order valence-electron chi connectivity index (χ3n) is 2.37. The van der Waals surface area contributed by atoms with E-state index in [0.29, 0.717) is 12.0 Å². The van der Waals surface area contributed by atoms with Crippen molar-refractivity contribution in [1.29, 1.82) is 0 Å². The van der Waals surface area contributed by atoms with Gasteiger partial charge in [-0.1, -0.05) is 42.8 Å². The van der Waals surface area contributed by atoms with Gasteiger partial charge in [0.2, 0.25) is 0 Å². The molecule has 0 aliphatic heterocycles. The molecule has 16 heavy (non-hydrogen) atoms. The first-order valence-corrected chi connectivity index (χ1v) is 5.53. The number of halogens is 2. The summed E-state index contributed by atoms with van der Waals surface area (Å²) in [6.45, 7) is 5.69. The molecule has 1 aromatic carbocycles. The van der Waals surface area contributed by atoms with E-state index in [2.05, 4.69) is 6.58 Å². The molecule has 0 fully saturated rings. The average molecular weight is 241 g/mol. The van der Waals surface area contributed by atoms with Gasteiger partial charge in [0.25, 0.3) is 0 Å². The molecule has 0 amide bonds. The lowest BCUT2D eigenvalue weighted by molar-refractivity contribution is -0.117. The lowest BCUT2D eigenvalue weighted by Crippen LogP contribution is -2.05. The summed E-state index contributed by atoms with van der Waals surface area (Å²) in [5.41, 5.74) is 1.22. The Bertz CT molecular complexity index is 412. The van der Waals surface area contributed by atoms with Crippen LogP contribution in [0, 0.1) is 5.82 Å². The zero-order valence-electron chi connectivity index (χ0n) is 9.22. The Balaban J connectivity index is 2.70. The van der Waals surface area contributed by atoms with Gasteiger partial charge in [0, 0.05) is 12.8 Å². The predicted octanol–water partition coefficient (Wildman–Crippen LogP) is 3.95. The average Bonchev–Trinajstić information content (AvgIpc) is 2.24. The van der Waals surface area contributed by atoms with Crippen molar-refractivity contribution >= 4 is 17.4 Å². The van der Waals surface area contributed by atoms with Crippen LogP contribution < -0.4 is 0 Å². The summed E-state index contributed by atoms with van der Waals surface area (Å²) in [5, 5.41) is 0.0552. The molecule has 0 atom stereocenters. The summed E-state index contributed by atoms with van der Waals surface area (Å²) >= 11 is 5.63.